The first-order valence-electron chi connectivity index (χ1n) is 8.13. The van der Waals surface area contributed by atoms with Crippen molar-refractivity contribution in [3.05, 3.63) is 64.8 Å². The van der Waals surface area contributed by atoms with Crippen molar-refractivity contribution < 1.29 is 4.74 Å². The second-order valence-corrected chi connectivity index (χ2v) is 6.31. The molecule has 0 unspecified atom stereocenters. The number of nitrogens with one attached hydrogen (secondary N) is 1. The van der Waals surface area contributed by atoms with Crippen molar-refractivity contribution in [1.29, 1.82) is 0 Å². The van der Waals surface area contributed by atoms with E-state index in [0.29, 0.717) is 16.7 Å². The monoisotopic (exact) mass is 369 g/mol. The van der Waals surface area contributed by atoms with E-state index in [1.807, 2.05) is 43.1 Å². The van der Waals surface area contributed by atoms with E-state index in [4.69, 9.17) is 16.3 Å². The van der Waals surface area contributed by atoms with E-state index >= 15 is 0 Å². The number of aromatic nitrogens is 3. The Kier molecular flexibility index (Phi) is 5.53. The van der Waals surface area contributed by atoms with Crippen molar-refractivity contribution in [3.8, 4) is 5.75 Å². The van der Waals surface area contributed by atoms with Crippen LogP contribution >= 0.6 is 11.6 Å². The predicted molar refractivity (Wildman–Crippen MR) is 104 cm³/mol. The van der Waals surface area contributed by atoms with Gasteiger partial charge in [0.2, 0.25) is 5.95 Å². The van der Waals surface area contributed by atoms with Gasteiger partial charge in [-0.05, 0) is 24.1 Å². The highest BCUT2D eigenvalue weighted by molar-refractivity contribution is 6.31. The van der Waals surface area contributed by atoms with Crippen molar-refractivity contribution >= 4 is 29.1 Å². The molecule has 0 fully saturated rings. The average molecular weight is 370 g/mol. The van der Waals surface area contributed by atoms with Gasteiger partial charge in [0.1, 0.15) is 5.75 Å². The quantitative estimate of drug-likeness (QED) is 0.701. The number of halogens is 1. The van der Waals surface area contributed by atoms with E-state index in [2.05, 4.69) is 32.6 Å². The Morgan fingerprint density at radius 3 is 2.69 bits per heavy atom. The summed E-state index contributed by atoms with van der Waals surface area (Å²) >= 11 is 6.15. The molecule has 7 heteroatoms. The van der Waals surface area contributed by atoms with E-state index in [1.165, 1.54) is 5.56 Å². The summed E-state index contributed by atoms with van der Waals surface area (Å²) in [7, 11) is 3.56. The molecular formula is C19H20ClN5O. The average Bonchev–Trinajstić information content (AvgIpc) is 2.65. The van der Waals surface area contributed by atoms with Gasteiger partial charge in [0.25, 0.3) is 0 Å². The van der Waals surface area contributed by atoms with Crippen LogP contribution in [-0.4, -0.2) is 29.3 Å². The van der Waals surface area contributed by atoms with E-state index in [9.17, 15) is 0 Å². The van der Waals surface area contributed by atoms with Gasteiger partial charge in [-0.3, -0.25) is 0 Å². The number of anilines is 3. The zero-order valence-electron chi connectivity index (χ0n) is 14.9. The Labute approximate surface area is 157 Å². The zero-order valence-corrected chi connectivity index (χ0v) is 15.7. The van der Waals surface area contributed by atoms with Crippen molar-refractivity contribution in [2.24, 2.45) is 0 Å². The van der Waals surface area contributed by atoms with Crippen LogP contribution in [0, 0.1) is 6.92 Å². The Bertz CT molecular complexity index is 888. The molecule has 0 aliphatic carbocycles. The van der Waals surface area contributed by atoms with Gasteiger partial charge in [-0.25, -0.2) is 0 Å². The Morgan fingerprint density at radius 2 is 1.96 bits per heavy atom. The van der Waals surface area contributed by atoms with Gasteiger partial charge in [0.05, 0.1) is 19.0 Å². The van der Waals surface area contributed by atoms with Crippen LogP contribution in [0.15, 0.2) is 48.7 Å². The van der Waals surface area contributed by atoms with Crippen LogP contribution in [0.1, 0.15) is 11.1 Å². The van der Waals surface area contributed by atoms with Crippen LogP contribution < -0.4 is 15.0 Å². The summed E-state index contributed by atoms with van der Waals surface area (Å²) in [6.07, 6.45) is 1.64. The lowest BCUT2D eigenvalue weighted by Crippen LogP contribution is -2.18. The second-order valence-electron chi connectivity index (χ2n) is 5.91. The number of aryl methyl sites for hydroxylation is 1. The lowest BCUT2D eigenvalue weighted by Gasteiger charge is -2.18. The van der Waals surface area contributed by atoms with Crippen LogP contribution in [0.4, 0.5) is 17.5 Å². The van der Waals surface area contributed by atoms with Crippen molar-refractivity contribution in [1.82, 2.24) is 15.2 Å². The molecule has 134 valence electrons. The molecule has 0 spiro atoms. The predicted octanol–water partition coefficient (Wildman–Crippen LogP) is 4.22. The van der Waals surface area contributed by atoms with Crippen molar-refractivity contribution in [3.63, 3.8) is 0 Å². The molecule has 0 atom stereocenters. The minimum atomic E-state index is 0.391. The SMILES string of the molecule is COc1cc(Cl)c(C)cc1Nc1nncc(N(C)Cc2ccccc2)n1. The molecule has 0 saturated heterocycles. The Balaban J connectivity index is 1.80. The van der Waals surface area contributed by atoms with Crippen molar-refractivity contribution in [2.75, 3.05) is 24.4 Å². The molecule has 3 rings (SSSR count). The summed E-state index contributed by atoms with van der Waals surface area (Å²) in [5.41, 5.74) is 2.86. The number of benzene rings is 2. The highest BCUT2D eigenvalue weighted by Gasteiger charge is 2.11. The lowest BCUT2D eigenvalue weighted by molar-refractivity contribution is 0.416. The van der Waals surface area contributed by atoms with Crippen LogP contribution in [0.2, 0.25) is 5.02 Å². The van der Waals surface area contributed by atoms with E-state index in [0.717, 1.165) is 23.6 Å². The Hall–Kier alpha value is -2.86. The summed E-state index contributed by atoms with van der Waals surface area (Å²) in [6, 6.07) is 13.8. The lowest BCUT2D eigenvalue weighted by atomic mass is 10.2. The van der Waals surface area contributed by atoms with Gasteiger partial charge >= 0.3 is 0 Å². The Morgan fingerprint density at radius 1 is 1.19 bits per heavy atom. The fraction of sp³-hybridized carbons (Fsp3) is 0.211. The molecule has 0 radical (unpaired) electrons. The first-order valence-corrected chi connectivity index (χ1v) is 8.50. The van der Waals surface area contributed by atoms with Crippen LogP contribution in [-0.2, 0) is 6.54 Å². The summed E-state index contributed by atoms with van der Waals surface area (Å²) < 4.78 is 5.38. The third kappa shape index (κ3) is 4.21. The third-order valence-corrected chi connectivity index (χ3v) is 4.33. The molecule has 1 heterocycles. The molecule has 1 N–H and O–H groups in total. The summed E-state index contributed by atoms with van der Waals surface area (Å²) in [5.74, 6) is 1.73. The van der Waals surface area contributed by atoms with Gasteiger partial charge < -0.3 is 15.0 Å². The van der Waals surface area contributed by atoms with E-state index in [1.54, 1.807) is 19.4 Å². The van der Waals surface area contributed by atoms with Gasteiger partial charge in [0.15, 0.2) is 5.82 Å². The second kappa shape index (κ2) is 8.01. The molecule has 1 aromatic heterocycles. The number of hydrogen-bond acceptors (Lipinski definition) is 6. The number of hydrogen-bond donors (Lipinski definition) is 1. The van der Waals surface area contributed by atoms with E-state index < -0.39 is 0 Å². The smallest absolute Gasteiger partial charge is 0.249 e. The van der Waals surface area contributed by atoms with Crippen molar-refractivity contribution in [2.45, 2.75) is 13.5 Å². The molecule has 6 nitrogen and oxygen atoms in total. The summed E-state index contributed by atoms with van der Waals surface area (Å²) in [4.78, 5) is 6.56. The molecule has 0 bridgehead atoms. The summed E-state index contributed by atoms with van der Waals surface area (Å²) in [6.45, 7) is 2.65. The van der Waals surface area contributed by atoms with Gasteiger partial charge in [0, 0.05) is 24.7 Å². The highest BCUT2D eigenvalue weighted by atomic mass is 35.5. The topological polar surface area (TPSA) is 63.2 Å². The first kappa shape index (κ1) is 17.9. The molecule has 2 aromatic carbocycles. The fourth-order valence-electron chi connectivity index (χ4n) is 2.52. The molecule has 0 amide bonds. The van der Waals surface area contributed by atoms with Gasteiger partial charge in [-0.15, -0.1) is 5.10 Å². The number of ether oxygens (including phenoxy) is 1. The standard InChI is InChI=1S/C19H20ClN5O/c1-13-9-16(17(26-3)10-15(13)20)22-19-23-18(11-21-24-19)25(2)12-14-7-5-4-6-8-14/h4-11H,12H2,1-3H3,(H,22,23,24). The van der Waals surface area contributed by atoms with E-state index in [-0.39, 0.29) is 0 Å². The fourth-order valence-corrected chi connectivity index (χ4v) is 2.67. The molecule has 0 aliphatic rings. The number of nitrogens with zero attached hydrogens (tertiary/aromatic N) is 4. The number of rotatable bonds is 6. The first-order chi connectivity index (χ1) is 12.6. The minimum absolute atomic E-state index is 0.391. The normalized spacial score (nSPS) is 10.5. The number of methoxy groups -OCH3 is 1. The molecule has 26 heavy (non-hydrogen) atoms. The largest absolute Gasteiger partial charge is 0.495 e. The van der Waals surface area contributed by atoms with Gasteiger partial charge in [-0.2, -0.15) is 10.1 Å². The molecule has 3 aromatic rings. The molecule has 0 saturated carbocycles. The zero-order chi connectivity index (χ0) is 18.5. The maximum Gasteiger partial charge on any atom is 0.249 e. The maximum atomic E-state index is 6.15. The molecule has 0 aliphatic heterocycles. The summed E-state index contributed by atoms with van der Waals surface area (Å²) in [5, 5.41) is 11.9. The van der Waals surface area contributed by atoms with Crippen LogP contribution in [0.3, 0.4) is 0 Å². The molecular weight excluding hydrogens is 350 g/mol. The third-order valence-electron chi connectivity index (χ3n) is 3.93. The van der Waals surface area contributed by atoms with Gasteiger partial charge in [-0.1, -0.05) is 41.9 Å². The minimum Gasteiger partial charge on any atom is -0.495 e. The maximum absolute atomic E-state index is 6.15. The van der Waals surface area contributed by atoms with Crippen LogP contribution in [0.5, 0.6) is 5.75 Å². The highest BCUT2D eigenvalue weighted by Crippen LogP contribution is 2.32. The van der Waals surface area contributed by atoms with Crippen LogP contribution in [0.25, 0.3) is 0 Å².